The van der Waals surface area contributed by atoms with E-state index in [4.69, 9.17) is 23.1 Å². The van der Waals surface area contributed by atoms with Crippen molar-refractivity contribution < 1.29 is 21.6 Å². The van der Waals surface area contributed by atoms with E-state index in [0.717, 1.165) is 10.7 Å². The van der Waals surface area contributed by atoms with E-state index in [1.807, 2.05) is 0 Å². The van der Waals surface area contributed by atoms with E-state index >= 15 is 0 Å². The zero-order chi connectivity index (χ0) is 24.0. The Morgan fingerprint density at radius 3 is 2.27 bits per heavy atom. The van der Waals surface area contributed by atoms with Gasteiger partial charge in [-0.05, 0) is 55.8 Å². The van der Waals surface area contributed by atoms with Crippen molar-refractivity contribution in [3.05, 3.63) is 47.0 Å². The molecule has 5 N–H and O–H groups in total. The van der Waals surface area contributed by atoms with E-state index in [0.29, 0.717) is 25.9 Å². The van der Waals surface area contributed by atoms with Crippen molar-refractivity contribution >= 4 is 33.3 Å². The lowest BCUT2D eigenvalue weighted by atomic mass is 9.98. The summed E-state index contributed by atoms with van der Waals surface area (Å²) in [6.07, 6.45) is -3.81. The number of nitrogen functional groups attached to an aromatic ring is 2. The highest BCUT2D eigenvalue weighted by Crippen LogP contribution is 2.43. The lowest BCUT2D eigenvalue weighted by Crippen LogP contribution is -2.35. The van der Waals surface area contributed by atoms with E-state index in [-0.39, 0.29) is 38.6 Å². The first kappa shape index (κ1) is 23.3. The van der Waals surface area contributed by atoms with Gasteiger partial charge in [0.05, 0.1) is 26.4 Å². The van der Waals surface area contributed by atoms with Gasteiger partial charge in [-0.15, -0.1) is 5.10 Å². The fourth-order valence-corrected chi connectivity index (χ4v) is 5.95. The summed E-state index contributed by atoms with van der Waals surface area (Å²) in [6, 6.07) is 7.37. The van der Waals surface area contributed by atoms with E-state index in [1.165, 1.54) is 30.3 Å². The van der Waals surface area contributed by atoms with Gasteiger partial charge in [-0.25, -0.2) is 8.42 Å². The van der Waals surface area contributed by atoms with Crippen LogP contribution < -0.4 is 16.8 Å². The number of rotatable bonds is 4. The van der Waals surface area contributed by atoms with Crippen molar-refractivity contribution in [2.24, 2.45) is 0 Å². The van der Waals surface area contributed by atoms with Crippen LogP contribution in [0.1, 0.15) is 18.4 Å². The number of piperidine rings is 1. The highest BCUT2D eigenvalue weighted by molar-refractivity contribution is 7.92. The molecule has 1 aromatic heterocycles. The van der Waals surface area contributed by atoms with Gasteiger partial charge in [0.1, 0.15) is 0 Å². The molecule has 3 aromatic rings. The number of sulfone groups is 1. The number of nitrogens with one attached hydrogen (secondary N) is 1. The second kappa shape index (κ2) is 8.50. The summed E-state index contributed by atoms with van der Waals surface area (Å²) in [7, 11) is -3.59. The largest absolute Gasteiger partial charge is 0.417 e. The minimum absolute atomic E-state index is 0.0605. The van der Waals surface area contributed by atoms with E-state index in [1.54, 1.807) is 0 Å². The molecule has 13 heteroatoms. The summed E-state index contributed by atoms with van der Waals surface area (Å²) >= 11 is 6.28. The maximum absolute atomic E-state index is 14.0. The molecule has 0 amide bonds. The Balaban J connectivity index is 1.78. The summed E-state index contributed by atoms with van der Waals surface area (Å²) in [5.74, 6) is -0.399. The lowest BCUT2D eigenvalue weighted by molar-refractivity contribution is -0.137. The average Bonchev–Trinajstić information content (AvgIpc) is 3.11. The molecule has 0 spiro atoms. The van der Waals surface area contributed by atoms with Crippen LogP contribution >= 0.6 is 11.6 Å². The summed E-state index contributed by atoms with van der Waals surface area (Å²) < 4.78 is 68.6. The molecular weight excluding hydrogens is 481 g/mol. The molecule has 1 aliphatic heterocycles. The minimum atomic E-state index is -4.77. The molecule has 1 saturated heterocycles. The predicted octanol–water partition coefficient (Wildman–Crippen LogP) is 3.30. The summed E-state index contributed by atoms with van der Waals surface area (Å²) in [5.41, 5.74) is 9.88. The number of nitrogens with two attached hydrogens (primary N) is 2. The number of alkyl halides is 3. The Bertz CT molecular complexity index is 1290. The highest BCUT2D eigenvalue weighted by Gasteiger charge is 2.36. The number of nitrogens with zero attached hydrogens (tertiary/aromatic N) is 3. The Morgan fingerprint density at radius 1 is 1.09 bits per heavy atom. The molecule has 8 nitrogen and oxygen atoms in total. The van der Waals surface area contributed by atoms with Crippen LogP contribution in [-0.4, -0.2) is 41.5 Å². The minimum Gasteiger partial charge on any atom is -0.368 e. The third-order valence-corrected chi connectivity index (χ3v) is 8.05. The summed E-state index contributed by atoms with van der Waals surface area (Å²) in [5, 5.41) is 6.15. The third-order valence-electron chi connectivity index (χ3n) is 5.47. The van der Waals surface area contributed by atoms with Gasteiger partial charge in [0.2, 0.25) is 11.9 Å². The second-order valence-corrected chi connectivity index (χ2v) is 10.2. The number of benzene rings is 2. The Hall–Kier alpha value is -2.83. The molecule has 0 unspecified atom stereocenters. The van der Waals surface area contributed by atoms with E-state index < -0.39 is 26.8 Å². The number of hydrogen-bond donors (Lipinski definition) is 3. The Labute approximate surface area is 192 Å². The first-order valence-electron chi connectivity index (χ1n) is 9.92. The van der Waals surface area contributed by atoms with Crippen LogP contribution in [0.15, 0.2) is 41.3 Å². The normalized spacial score (nSPS) is 15.6. The number of hydrogen-bond acceptors (Lipinski definition) is 7. The van der Waals surface area contributed by atoms with Gasteiger partial charge in [0, 0.05) is 5.56 Å². The number of halogens is 4. The molecule has 0 atom stereocenters. The van der Waals surface area contributed by atoms with Crippen molar-refractivity contribution in [2.75, 3.05) is 24.6 Å². The molecule has 0 radical (unpaired) electrons. The standard InChI is InChI=1S/C20H20ClF3N6O2S/c21-16-10-12(30-19(26)28-18(25)29-30)9-15(20(22,23)24)17(16)11-1-3-13(4-2-11)33(31,32)14-5-7-27-8-6-14/h1-4,9-10,14,27H,5-8H2,(H4,25,26,28,29). The number of anilines is 2. The average molecular weight is 501 g/mol. The van der Waals surface area contributed by atoms with Gasteiger partial charge in [-0.3, -0.25) is 0 Å². The van der Waals surface area contributed by atoms with Crippen molar-refractivity contribution in [2.45, 2.75) is 29.2 Å². The van der Waals surface area contributed by atoms with E-state index in [2.05, 4.69) is 15.4 Å². The van der Waals surface area contributed by atoms with Crippen molar-refractivity contribution in [1.29, 1.82) is 0 Å². The predicted molar refractivity (Wildman–Crippen MR) is 119 cm³/mol. The van der Waals surface area contributed by atoms with Crippen LogP contribution in [-0.2, 0) is 16.0 Å². The molecule has 0 aliphatic carbocycles. The van der Waals surface area contributed by atoms with Crippen LogP contribution in [0.5, 0.6) is 0 Å². The topological polar surface area (TPSA) is 129 Å². The molecular formula is C20H20ClF3N6O2S. The second-order valence-electron chi connectivity index (χ2n) is 7.61. The van der Waals surface area contributed by atoms with Crippen molar-refractivity contribution in [3.63, 3.8) is 0 Å². The van der Waals surface area contributed by atoms with Crippen LogP contribution in [0, 0.1) is 0 Å². The lowest BCUT2D eigenvalue weighted by Gasteiger charge is -2.23. The zero-order valence-electron chi connectivity index (χ0n) is 17.1. The zero-order valence-corrected chi connectivity index (χ0v) is 18.7. The first-order chi connectivity index (χ1) is 15.5. The molecule has 4 rings (SSSR count). The quantitative estimate of drug-likeness (QED) is 0.501. The molecule has 0 bridgehead atoms. The molecule has 0 saturated carbocycles. The molecule has 176 valence electrons. The molecule has 1 fully saturated rings. The molecule has 2 aromatic carbocycles. The Morgan fingerprint density at radius 2 is 1.73 bits per heavy atom. The monoisotopic (exact) mass is 500 g/mol. The molecule has 33 heavy (non-hydrogen) atoms. The van der Waals surface area contributed by atoms with Crippen LogP contribution in [0.3, 0.4) is 0 Å². The maximum atomic E-state index is 14.0. The molecule has 1 aliphatic rings. The fourth-order valence-electron chi connectivity index (χ4n) is 3.87. The van der Waals surface area contributed by atoms with Gasteiger partial charge in [-0.2, -0.15) is 22.8 Å². The van der Waals surface area contributed by atoms with Crippen LogP contribution in [0.25, 0.3) is 16.8 Å². The maximum Gasteiger partial charge on any atom is 0.417 e. The fraction of sp³-hybridized carbons (Fsp3) is 0.300. The molecule has 2 heterocycles. The van der Waals surface area contributed by atoms with Gasteiger partial charge < -0.3 is 16.8 Å². The Kier molecular flexibility index (Phi) is 6.01. The first-order valence-corrected chi connectivity index (χ1v) is 11.8. The van der Waals surface area contributed by atoms with Gasteiger partial charge >= 0.3 is 6.18 Å². The van der Waals surface area contributed by atoms with Crippen molar-refractivity contribution in [1.82, 2.24) is 20.1 Å². The van der Waals surface area contributed by atoms with E-state index in [9.17, 15) is 21.6 Å². The number of aromatic nitrogens is 3. The van der Waals surface area contributed by atoms with Crippen LogP contribution in [0.2, 0.25) is 5.02 Å². The van der Waals surface area contributed by atoms with Crippen LogP contribution in [0.4, 0.5) is 25.1 Å². The third kappa shape index (κ3) is 4.50. The highest BCUT2D eigenvalue weighted by atomic mass is 35.5. The van der Waals surface area contributed by atoms with Gasteiger partial charge in [-0.1, -0.05) is 23.7 Å². The summed E-state index contributed by atoms with van der Waals surface area (Å²) in [6.45, 7) is 1.20. The SMILES string of the molecule is Nc1nc(N)n(-c2cc(Cl)c(-c3ccc(S(=O)(=O)C4CCNCC4)cc3)c(C(F)(F)F)c2)n1. The summed E-state index contributed by atoms with van der Waals surface area (Å²) in [4.78, 5) is 3.74. The van der Waals surface area contributed by atoms with Crippen molar-refractivity contribution in [3.8, 4) is 16.8 Å². The smallest absolute Gasteiger partial charge is 0.368 e. The van der Waals surface area contributed by atoms with Gasteiger partial charge in [0.25, 0.3) is 0 Å². The van der Waals surface area contributed by atoms with Gasteiger partial charge in [0.15, 0.2) is 9.84 Å².